The molecule has 1 aromatic rings. The van der Waals surface area contributed by atoms with E-state index < -0.39 is 0 Å². The van der Waals surface area contributed by atoms with Crippen LogP contribution in [0.4, 0.5) is 0 Å². The molecule has 16 heavy (non-hydrogen) atoms. The third-order valence-electron chi connectivity index (χ3n) is 2.48. The topological polar surface area (TPSA) is 20.3 Å². The van der Waals surface area contributed by atoms with Crippen molar-refractivity contribution < 1.29 is 4.79 Å². The fourth-order valence-electron chi connectivity index (χ4n) is 1.68. The number of nitrogens with zero attached hydrogens (tertiary/aromatic N) is 1. The quantitative estimate of drug-likeness (QED) is 0.832. The van der Waals surface area contributed by atoms with Crippen LogP contribution < -0.4 is 0 Å². The van der Waals surface area contributed by atoms with E-state index >= 15 is 0 Å². The smallest absolute Gasteiger partial charge is 0.253 e. The number of carbonyl (C=O) groups is 1. The molecule has 0 heterocycles. The lowest BCUT2D eigenvalue weighted by Gasteiger charge is -2.20. The maximum atomic E-state index is 12.2. The van der Waals surface area contributed by atoms with Crippen molar-refractivity contribution in [1.82, 2.24) is 4.90 Å². The average molecular weight is 284 g/mol. The van der Waals surface area contributed by atoms with E-state index in [4.69, 9.17) is 0 Å². The molecular formula is C13H18BrNO. The van der Waals surface area contributed by atoms with E-state index in [0.717, 1.165) is 22.1 Å². The summed E-state index contributed by atoms with van der Waals surface area (Å²) in [4.78, 5) is 13.9. The van der Waals surface area contributed by atoms with Gasteiger partial charge in [0.05, 0.1) is 0 Å². The molecule has 0 saturated carbocycles. The first-order valence-corrected chi connectivity index (χ1v) is 6.23. The Morgan fingerprint density at radius 2 is 2.06 bits per heavy atom. The highest BCUT2D eigenvalue weighted by Crippen LogP contribution is 2.20. The number of hydrogen-bond acceptors (Lipinski definition) is 1. The van der Waals surface area contributed by atoms with Crippen LogP contribution in [-0.2, 0) is 0 Å². The van der Waals surface area contributed by atoms with Crippen LogP contribution in [0, 0.1) is 12.8 Å². The summed E-state index contributed by atoms with van der Waals surface area (Å²) in [7, 11) is 1.85. The van der Waals surface area contributed by atoms with E-state index in [-0.39, 0.29) is 5.91 Å². The zero-order chi connectivity index (χ0) is 12.3. The Balaban J connectivity index is 2.92. The summed E-state index contributed by atoms with van der Waals surface area (Å²) in [5.41, 5.74) is 1.78. The summed E-state index contributed by atoms with van der Waals surface area (Å²) in [5.74, 6) is 0.578. The predicted octanol–water partition coefficient (Wildman–Crippen LogP) is 3.49. The highest BCUT2D eigenvalue weighted by atomic mass is 79.9. The molecule has 0 atom stereocenters. The zero-order valence-electron chi connectivity index (χ0n) is 10.2. The second kappa shape index (κ2) is 5.48. The van der Waals surface area contributed by atoms with Crippen LogP contribution in [0.3, 0.4) is 0 Å². The maximum Gasteiger partial charge on any atom is 0.253 e. The van der Waals surface area contributed by atoms with Crippen LogP contribution in [-0.4, -0.2) is 24.4 Å². The monoisotopic (exact) mass is 283 g/mol. The minimum atomic E-state index is 0.0903. The van der Waals surface area contributed by atoms with E-state index in [1.165, 1.54) is 0 Å². The molecule has 0 fully saturated rings. The van der Waals surface area contributed by atoms with Crippen molar-refractivity contribution in [3.8, 4) is 0 Å². The molecule has 1 rings (SSSR count). The number of amides is 1. The summed E-state index contributed by atoms with van der Waals surface area (Å²) in [5, 5.41) is 0. The Labute approximate surface area is 106 Å². The largest absolute Gasteiger partial charge is 0.341 e. The highest BCUT2D eigenvalue weighted by molar-refractivity contribution is 9.10. The number of carbonyl (C=O) groups excluding carboxylic acids is 1. The van der Waals surface area contributed by atoms with Gasteiger partial charge < -0.3 is 4.90 Å². The molecule has 2 nitrogen and oxygen atoms in total. The van der Waals surface area contributed by atoms with Gasteiger partial charge >= 0.3 is 0 Å². The van der Waals surface area contributed by atoms with Gasteiger partial charge in [0.25, 0.3) is 5.91 Å². The van der Waals surface area contributed by atoms with Gasteiger partial charge in [-0.1, -0.05) is 35.8 Å². The van der Waals surface area contributed by atoms with Crippen LogP contribution in [0.5, 0.6) is 0 Å². The van der Waals surface area contributed by atoms with Crippen molar-refractivity contribution >= 4 is 21.8 Å². The fraction of sp³-hybridized carbons (Fsp3) is 0.462. The second-order valence-corrected chi connectivity index (χ2v) is 5.35. The van der Waals surface area contributed by atoms with Crippen LogP contribution in [0.1, 0.15) is 29.8 Å². The molecule has 0 saturated heterocycles. The van der Waals surface area contributed by atoms with Crippen LogP contribution in [0.25, 0.3) is 0 Å². The SMILES string of the molecule is Cc1c(Br)cccc1C(=O)N(C)CC(C)C. The highest BCUT2D eigenvalue weighted by Gasteiger charge is 2.15. The zero-order valence-corrected chi connectivity index (χ0v) is 11.8. The molecule has 88 valence electrons. The Kier molecular flexibility index (Phi) is 4.54. The normalized spacial score (nSPS) is 10.6. The minimum Gasteiger partial charge on any atom is -0.341 e. The van der Waals surface area contributed by atoms with Crippen molar-refractivity contribution in [3.63, 3.8) is 0 Å². The van der Waals surface area contributed by atoms with Crippen molar-refractivity contribution in [3.05, 3.63) is 33.8 Å². The summed E-state index contributed by atoms with van der Waals surface area (Å²) in [6.07, 6.45) is 0. The van der Waals surface area contributed by atoms with Crippen LogP contribution in [0.15, 0.2) is 22.7 Å². The molecule has 0 bridgehead atoms. The van der Waals surface area contributed by atoms with Crippen LogP contribution >= 0.6 is 15.9 Å². The third-order valence-corrected chi connectivity index (χ3v) is 3.34. The Morgan fingerprint density at radius 1 is 1.44 bits per heavy atom. The molecule has 0 N–H and O–H groups in total. The number of hydrogen-bond donors (Lipinski definition) is 0. The Morgan fingerprint density at radius 3 is 2.62 bits per heavy atom. The maximum absolute atomic E-state index is 12.2. The number of rotatable bonds is 3. The molecule has 1 aromatic carbocycles. The Bertz CT molecular complexity index is 388. The van der Waals surface area contributed by atoms with E-state index in [1.807, 2.05) is 32.2 Å². The van der Waals surface area contributed by atoms with Gasteiger partial charge in [0.2, 0.25) is 0 Å². The lowest BCUT2D eigenvalue weighted by atomic mass is 10.1. The van der Waals surface area contributed by atoms with Gasteiger partial charge in [-0.25, -0.2) is 0 Å². The van der Waals surface area contributed by atoms with Crippen molar-refractivity contribution in [2.24, 2.45) is 5.92 Å². The molecule has 0 aliphatic heterocycles. The number of benzene rings is 1. The molecule has 1 amide bonds. The first-order valence-electron chi connectivity index (χ1n) is 5.44. The van der Waals surface area contributed by atoms with Gasteiger partial charge in [-0.3, -0.25) is 4.79 Å². The van der Waals surface area contributed by atoms with Crippen molar-refractivity contribution in [1.29, 1.82) is 0 Å². The number of halogens is 1. The van der Waals surface area contributed by atoms with E-state index in [9.17, 15) is 4.79 Å². The summed E-state index contributed by atoms with van der Waals surface area (Å²) in [6.45, 7) is 6.96. The molecule has 0 spiro atoms. The fourth-order valence-corrected chi connectivity index (χ4v) is 2.04. The molecule has 0 unspecified atom stereocenters. The van der Waals surface area contributed by atoms with Gasteiger partial charge in [-0.2, -0.15) is 0 Å². The van der Waals surface area contributed by atoms with E-state index in [2.05, 4.69) is 29.8 Å². The molecule has 0 aromatic heterocycles. The molecule has 3 heteroatoms. The summed E-state index contributed by atoms with van der Waals surface area (Å²) in [6, 6.07) is 5.72. The summed E-state index contributed by atoms with van der Waals surface area (Å²) < 4.78 is 0.983. The Hall–Kier alpha value is -0.830. The minimum absolute atomic E-state index is 0.0903. The molecule has 0 aliphatic rings. The van der Waals surface area contributed by atoms with E-state index in [1.54, 1.807) is 4.90 Å². The van der Waals surface area contributed by atoms with Crippen LogP contribution in [0.2, 0.25) is 0 Å². The third kappa shape index (κ3) is 3.08. The lowest BCUT2D eigenvalue weighted by molar-refractivity contribution is 0.0778. The summed E-state index contributed by atoms with van der Waals surface area (Å²) >= 11 is 3.44. The average Bonchev–Trinajstić information content (AvgIpc) is 2.20. The molecular weight excluding hydrogens is 266 g/mol. The lowest BCUT2D eigenvalue weighted by Crippen LogP contribution is -2.30. The van der Waals surface area contributed by atoms with E-state index in [0.29, 0.717) is 5.92 Å². The van der Waals surface area contributed by atoms with Gasteiger partial charge in [0, 0.05) is 23.6 Å². The van der Waals surface area contributed by atoms with Crippen molar-refractivity contribution in [2.75, 3.05) is 13.6 Å². The van der Waals surface area contributed by atoms with Gasteiger partial charge in [0.1, 0.15) is 0 Å². The van der Waals surface area contributed by atoms with Gasteiger partial charge in [-0.15, -0.1) is 0 Å². The van der Waals surface area contributed by atoms with Gasteiger partial charge in [-0.05, 0) is 30.5 Å². The second-order valence-electron chi connectivity index (χ2n) is 4.49. The molecule has 0 aliphatic carbocycles. The standard InChI is InChI=1S/C13H18BrNO/c1-9(2)8-15(4)13(16)11-6-5-7-12(14)10(11)3/h5-7,9H,8H2,1-4H3. The first kappa shape index (κ1) is 13.2. The molecule has 0 radical (unpaired) electrons. The first-order chi connectivity index (χ1) is 7.43. The predicted molar refractivity (Wildman–Crippen MR) is 70.7 cm³/mol. The van der Waals surface area contributed by atoms with Gasteiger partial charge in [0.15, 0.2) is 0 Å². The van der Waals surface area contributed by atoms with Crippen molar-refractivity contribution in [2.45, 2.75) is 20.8 Å².